The topological polar surface area (TPSA) is 67.1 Å². The molecule has 0 radical (unpaired) electrons. The summed E-state index contributed by atoms with van der Waals surface area (Å²) in [7, 11) is 0. The van der Waals surface area contributed by atoms with Crippen LogP contribution in [-0.2, 0) is 6.54 Å². The lowest BCUT2D eigenvalue weighted by Crippen LogP contribution is -2.28. The van der Waals surface area contributed by atoms with Crippen LogP contribution in [-0.4, -0.2) is 19.0 Å². The quantitative estimate of drug-likeness (QED) is 0.768. The van der Waals surface area contributed by atoms with Gasteiger partial charge >= 0.3 is 0 Å². The van der Waals surface area contributed by atoms with Gasteiger partial charge in [0, 0.05) is 30.9 Å². The Hall–Kier alpha value is -2.33. The minimum Gasteiger partial charge on any atom is -0.381 e. The van der Waals surface area contributed by atoms with Crippen molar-refractivity contribution in [1.82, 2.24) is 5.32 Å². The summed E-state index contributed by atoms with van der Waals surface area (Å²) in [4.78, 5) is 11.7. The Kier molecular flexibility index (Phi) is 8.38. The second kappa shape index (κ2) is 10.4. The third-order valence-electron chi connectivity index (χ3n) is 2.92. The molecule has 4 N–H and O–H groups in total. The van der Waals surface area contributed by atoms with Crippen molar-refractivity contribution in [3.05, 3.63) is 65.7 Å². The maximum atomic E-state index is 11.7. The summed E-state index contributed by atoms with van der Waals surface area (Å²) >= 11 is 0. The number of nitrogens with one attached hydrogen (secondary N) is 2. The van der Waals surface area contributed by atoms with Gasteiger partial charge < -0.3 is 16.4 Å². The van der Waals surface area contributed by atoms with Crippen molar-refractivity contribution in [3.8, 4) is 0 Å². The number of carbonyl (C=O) groups excluding carboxylic acids is 1. The van der Waals surface area contributed by atoms with Crippen LogP contribution in [0, 0.1) is 0 Å². The van der Waals surface area contributed by atoms with E-state index in [1.54, 1.807) is 12.1 Å². The van der Waals surface area contributed by atoms with Gasteiger partial charge in [-0.05, 0) is 29.8 Å². The molecule has 0 aliphatic carbocycles. The molecule has 0 fully saturated rings. The van der Waals surface area contributed by atoms with Gasteiger partial charge in [-0.25, -0.2) is 0 Å². The van der Waals surface area contributed by atoms with Crippen molar-refractivity contribution in [2.45, 2.75) is 20.4 Å². The van der Waals surface area contributed by atoms with Crippen molar-refractivity contribution in [1.29, 1.82) is 0 Å². The fourth-order valence-electron chi connectivity index (χ4n) is 1.83. The number of hydrogen-bond donors (Lipinski definition) is 3. The summed E-state index contributed by atoms with van der Waals surface area (Å²) in [5, 5.41) is 6.06. The fourth-order valence-corrected chi connectivity index (χ4v) is 1.83. The third-order valence-corrected chi connectivity index (χ3v) is 2.92. The Morgan fingerprint density at radius 2 is 1.64 bits per heavy atom. The van der Waals surface area contributed by atoms with Crippen LogP contribution >= 0.6 is 0 Å². The van der Waals surface area contributed by atoms with Gasteiger partial charge in [0.15, 0.2) is 0 Å². The molecule has 0 unspecified atom stereocenters. The molecule has 0 atom stereocenters. The molecule has 2 rings (SSSR count). The highest BCUT2D eigenvalue weighted by Crippen LogP contribution is 2.11. The molecule has 1 amide bonds. The number of nitrogens with two attached hydrogens (primary N) is 1. The van der Waals surface area contributed by atoms with Crippen LogP contribution in [0.5, 0.6) is 0 Å². The number of carbonyl (C=O) groups is 1. The van der Waals surface area contributed by atoms with Gasteiger partial charge in [-0.1, -0.05) is 44.2 Å². The van der Waals surface area contributed by atoms with Gasteiger partial charge in [0.25, 0.3) is 5.91 Å². The summed E-state index contributed by atoms with van der Waals surface area (Å²) in [5.74, 6) is -0.0925. The Morgan fingerprint density at radius 1 is 1.00 bits per heavy atom. The zero-order valence-electron chi connectivity index (χ0n) is 13.3. The highest BCUT2D eigenvalue weighted by atomic mass is 16.1. The van der Waals surface area contributed by atoms with Crippen LogP contribution in [0.3, 0.4) is 0 Å². The predicted molar refractivity (Wildman–Crippen MR) is 92.9 cm³/mol. The lowest BCUT2D eigenvalue weighted by molar-refractivity contribution is 0.0955. The smallest absolute Gasteiger partial charge is 0.251 e. The molecule has 22 heavy (non-hydrogen) atoms. The Labute approximate surface area is 132 Å². The average molecular weight is 299 g/mol. The van der Waals surface area contributed by atoms with E-state index in [2.05, 4.69) is 22.8 Å². The summed E-state index contributed by atoms with van der Waals surface area (Å²) in [6, 6.07) is 17.6. The van der Waals surface area contributed by atoms with Crippen LogP contribution in [0.15, 0.2) is 54.6 Å². The van der Waals surface area contributed by atoms with E-state index in [0.29, 0.717) is 18.7 Å². The average Bonchev–Trinajstić information content (AvgIpc) is 2.61. The maximum absolute atomic E-state index is 11.7. The van der Waals surface area contributed by atoms with Gasteiger partial charge in [-0.2, -0.15) is 0 Å². The molecule has 0 aliphatic rings. The molecule has 0 saturated heterocycles. The molecule has 2 aromatic carbocycles. The van der Waals surface area contributed by atoms with Crippen molar-refractivity contribution in [2.24, 2.45) is 5.73 Å². The van der Waals surface area contributed by atoms with Gasteiger partial charge in [0.2, 0.25) is 0 Å². The zero-order valence-corrected chi connectivity index (χ0v) is 13.3. The highest BCUT2D eigenvalue weighted by molar-refractivity contribution is 5.94. The number of amides is 1. The molecule has 0 bridgehead atoms. The first-order chi connectivity index (χ1) is 10.8. The molecule has 0 spiro atoms. The van der Waals surface area contributed by atoms with E-state index in [0.717, 1.165) is 12.2 Å². The molecular weight excluding hydrogens is 274 g/mol. The maximum Gasteiger partial charge on any atom is 0.251 e. The van der Waals surface area contributed by atoms with E-state index in [9.17, 15) is 4.79 Å². The molecule has 0 aliphatic heterocycles. The van der Waals surface area contributed by atoms with Crippen LogP contribution in [0.25, 0.3) is 0 Å². The molecule has 0 aromatic heterocycles. The molecular formula is C18H25N3O. The van der Waals surface area contributed by atoms with E-state index in [-0.39, 0.29) is 5.91 Å². The highest BCUT2D eigenvalue weighted by Gasteiger charge is 2.03. The number of hydrogen-bond acceptors (Lipinski definition) is 3. The Morgan fingerprint density at radius 3 is 2.23 bits per heavy atom. The van der Waals surface area contributed by atoms with Gasteiger partial charge in [-0.3, -0.25) is 4.79 Å². The second-order valence-corrected chi connectivity index (χ2v) is 4.46. The predicted octanol–water partition coefficient (Wildman–Crippen LogP) is 3.01. The Bertz CT molecular complexity index is 538. The molecule has 0 heterocycles. The lowest BCUT2D eigenvalue weighted by Gasteiger charge is -2.08. The summed E-state index contributed by atoms with van der Waals surface area (Å²) in [6.45, 7) is 5.70. The summed E-state index contributed by atoms with van der Waals surface area (Å²) in [5.41, 5.74) is 8.20. The minimum absolute atomic E-state index is 0.0925. The number of benzene rings is 2. The van der Waals surface area contributed by atoms with E-state index in [4.69, 9.17) is 5.73 Å². The van der Waals surface area contributed by atoms with E-state index in [1.807, 2.05) is 44.2 Å². The SMILES string of the molecule is CC.NCCNC(=O)c1ccc(NCc2ccccc2)cc1. The van der Waals surface area contributed by atoms with E-state index in [1.165, 1.54) is 5.56 Å². The number of anilines is 1. The standard InChI is InChI=1S/C16H19N3O.C2H6/c17-10-11-18-16(20)14-6-8-15(9-7-14)19-12-13-4-2-1-3-5-13;1-2/h1-9,19H,10-12,17H2,(H,18,20);1-2H3. The van der Waals surface area contributed by atoms with Crippen LogP contribution in [0.2, 0.25) is 0 Å². The van der Waals surface area contributed by atoms with Crippen molar-refractivity contribution in [2.75, 3.05) is 18.4 Å². The summed E-state index contributed by atoms with van der Waals surface area (Å²) < 4.78 is 0. The van der Waals surface area contributed by atoms with Gasteiger partial charge in [0.05, 0.1) is 0 Å². The van der Waals surface area contributed by atoms with Crippen molar-refractivity contribution in [3.63, 3.8) is 0 Å². The number of rotatable bonds is 6. The van der Waals surface area contributed by atoms with Crippen molar-refractivity contribution >= 4 is 11.6 Å². The van der Waals surface area contributed by atoms with Crippen LogP contribution in [0.4, 0.5) is 5.69 Å². The second-order valence-electron chi connectivity index (χ2n) is 4.46. The summed E-state index contributed by atoms with van der Waals surface area (Å²) in [6.07, 6.45) is 0. The van der Waals surface area contributed by atoms with E-state index < -0.39 is 0 Å². The first-order valence-electron chi connectivity index (χ1n) is 7.66. The van der Waals surface area contributed by atoms with E-state index >= 15 is 0 Å². The first-order valence-corrected chi connectivity index (χ1v) is 7.66. The van der Waals surface area contributed by atoms with Gasteiger partial charge in [-0.15, -0.1) is 0 Å². The first kappa shape index (κ1) is 17.7. The zero-order chi connectivity index (χ0) is 16.2. The third kappa shape index (κ3) is 5.97. The largest absolute Gasteiger partial charge is 0.381 e. The fraction of sp³-hybridized carbons (Fsp3) is 0.278. The molecule has 2 aromatic rings. The van der Waals surface area contributed by atoms with Gasteiger partial charge in [0.1, 0.15) is 0 Å². The van der Waals surface area contributed by atoms with Crippen molar-refractivity contribution < 1.29 is 4.79 Å². The lowest BCUT2D eigenvalue weighted by atomic mass is 10.2. The molecule has 4 nitrogen and oxygen atoms in total. The minimum atomic E-state index is -0.0925. The van der Waals surface area contributed by atoms with Crippen LogP contribution in [0.1, 0.15) is 29.8 Å². The monoisotopic (exact) mass is 299 g/mol. The Balaban J connectivity index is 0.00000116. The normalized spacial score (nSPS) is 9.41. The molecule has 0 saturated carbocycles. The molecule has 4 heteroatoms. The van der Waals surface area contributed by atoms with Crippen LogP contribution < -0.4 is 16.4 Å². The molecule has 118 valence electrons.